The van der Waals surface area contributed by atoms with Gasteiger partial charge in [0.05, 0.1) is 0 Å². The van der Waals surface area contributed by atoms with Crippen LogP contribution < -0.4 is 0 Å². The van der Waals surface area contributed by atoms with Gasteiger partial charge >= 0.3 is 11.9 Å². The van der Waals surface area contributed by atoms with Crippen LogP contribution in [0.2, 0.25) is 0 Å². The Morgan fingerprint density at radius 2 is 0.750 bits per heavy atom. The Kier molecular flexibility index (Phi) is 14.7. The minimum atomic E-state index is -0.740. The quantitative estimate of drug-likeness (QED) is 0.239. The average molecular weight is 517 g/mol. The van der Waals surface area contributed by atoms with Crippen molar-refractivity contribution < 1.29 is 30.2 Å². The van der Waals surface area contributed by atoms with Gasteiger partial charge in [0.15, 0.2) is 0 Å². The van der Waals surface area contributed by atoms with Crippen LogP contribution in [0.1, 0.15) is 145 Å². The number of carbonyl (C=O) groups is 2. The normalized spacial score (nSPS) is 22.4. The lowest BCUT2D eigenvalue weighted by molar-refractivity contribution is -0.241. The number of piperidine rings is 2. The lowest BCUT2D eigenvalue weighted by atomic mass is 9.82. The molecule has 2 fully saturated rings. The summed E-state index contributed by atoms with van der Waals surface area (Å²) in [6, 6.07) is 0. The molecule has 0 unspecified atom stereocenters. The van der Waals surface area contributed by atoms with Gasteiger partial charge < -0.3 is 20.6 Å². The van der Waals surface area contributed by atoms with Gasteiger partial charge in [0, 0.05) is 35.0 Å². The third kappa shape index (κ3) is 13.4. The summed E-state index contributed by atoms with van der Waals surface area (Å²) in [5.41, 5.74) is -0.160. The van der Waals surface area contributed by atoms with Crippen LogP contribution >= 0.6 is 0 Å². The molecule has 2 heterocycles. The standard InChI is InChI=1S/C10H18O4.2C9H19NO/c11-9(12)7-5-3-1-2-4-6-8-10(13)14;2*1-8(2)6-5-7-9(3,4)10(8)11/h1-8H2,(H,11,12)(H,13,14);2*11H,5-7H2,1-4H3. The Labute approximate surface area is 220 Å². The van der Waals surface area contributed by atoms with E-state index >= 15 is 0 Å². The second kappa shape index (κ2) is 15.3. The number of hydroxylamine groups is 4. The molecule has 0 radical (unpaired) electrons. The number of hydrogen-bond donors (Lipinski definition) is 4. The van der Waals surface area contributed by atoms with E-state index in [0.717, 1.165) is 64.2 Å². The van der Waals surface area contributed by atoms with E-state index in [1.807, 2.05) is 0 Å². The van der Waals surface area contributed by atoms with E-state index in [4.69, 9.17) is 10.2 Å². The van der Waals surface area contributed by atoms with Crippen molar-refractivity contribution in [1.29, 1.82) is 0 Å². The van der Waals surface area contributed by atoms with Crippen LogP contribution in [-0.2, 0) is 9.59 Å². The van der Waals surface area contributed by atoms with E-state index in [9.17, 15) is 20.0 Å². The first kappa shape index (κ1) is 34.8. The molecule has 214 valence electrons. The molecule has 2 rings (SSSR count). The van der Waals surface area contributed by atoms with Gasteiger partial charge in [0.25, 0.3) is 0 Å². The zero-order valence-corrected chi connectivity index (χ0v) is 24.4. The molecule has 0 aromatic carbocycles. The number of nitrogens with zero attached hydrogens (tertiary/aromatic N) is 2. The predicted octanol–water partition coefficient (Wildman–Crippen LogP) is 7.11. The summed E-state index contributed by atoms with van der Waals surface area (Å²) in [5, 5.41) is 39.3. The maximum atomic E-state index is 10.1. The monoisotopic (exact) mass is 516 g/mol. The summed E-state index contributed by atoms with van der Waals surface area (Å²) in [7, 11) is 0. The molecule has 0 aliphatic carbocycles. The van der Waals surface area contributed by atoms with Gasteiger partial charge in [-0.1, -0.05) is 25.7 Å². The van der Waals surface area contributed by atoms with Crippen molar-refractivity contribution in [1.82, 2.24) is 10.1 Å². The molecule has 4 N–H and O–H groups in total. The topological polar surface area (TPSA) is 122 Å². The van der Waals surface area contributed by atoms with Crippen molar-refractivity contribution in [2.45, 2.75) is 167 Å². The second-order valence-electron chi connectivity index (χ2n) is 13.0. The van der Waals surface area contributed by atoms with E-state index in [2.05, 4.69) is 55.4 Å². The molecule has 2 saturated heterocycles. The highest BCUT2D eigenvalue weighted by Crippen LogP contribution is 2.37. The van der Waals surface area contributed by atoms with Gasteiger partial charge in [0.1, 0.15) is 0 Å². The Hall–Kier alpha value is -1.22. The van der Waals surface area contributed by atoms with E-state index in [0.29, 0.717) is 0 Å². The fourth-order valence-electron chi connectivity index (χ4n) is 5.23. The van der Waals surface area contributed by atoms with Crippen LogP contribution in [0.15, 0.2) is 0 Å². The van der Waals surface area contributed by atoms with Crippen molar-refractivity contribution >= 4 is 11.9 Å². The summed E-state index contributed by atoms with van der Waals surface area (Å²) in [5.74, 6) is -1.48. The van der Waals surface area contributed by atoms with Gasteiger partial charge in [-0.25, -0.2) is 0 Å². The highest BCUT2D eigenvalue weighted by atomic mass is 16.5. The van der Waals surface area contributed by atoms with Crippen LogP contribution in [0, 0.1) is 0 Å². The van der Waals surface area contributed by atoms with Crippen molar-refractivity contribution in [3.63, 3.8) is 0 Å². The number of rotatable bonds is 9. The zero-order chi connectivity index (χ0) is 28.2. The van der Waals surface area contributed by atoms with Crippen molar-refractivity contribution in [2.75, 3.05) is 0 Å². The fourth-order valence-corrected chi connectivity index (χ4v) is 5.23. The number of aliphatic carboxylic acids is 2. The van der Waals surface area contributed by atoms with Gasteiger partial charge in [0.2, 0.25) is 0 Å². The Bertz CT molecular complexity index is 572. The Balaban J connectivity index is 0.000000515. The molecule has 0 atom stereocenters. The van der Waals surface area contributed by atoms with Crippen LogP contribution in [0.4, 0.5) is 0 Å². The number of carboxylic acid groups (broad SMARTS) is 2. The third-order valence-corrected chi connectivity index (χ3v) is 7.48. The third-order valence-electron chi connectivity index (χ3n) is 7.48. The summed E-state index contributed by atoms with van der Waals surface area (Å²) in [6.07, 6.45) is 12.6. The summed E-state index contributed by atoms with van der Waals surface area (Å²) < 4.78 is 0. The highest BCUT2D eigenvalue weighted by molar-refractivity contribution is 5.66. The van der Waals surface area contributed by atoms with E-state index in [-0.39, 0.29) is 35.0 Å². The number of carboxylic acids is 2. The van der Waals surface area contributed by atoms with Crippen LogP contribution in [0.25, 0.3) is 0 Å². The van der Waals surface area contributed by atoms with Crippen molar-refractivity contribution in [3.8, 4) is 0 Å². The lowest BCUT2D eigenvalue weighted by Gasteiger charge is -2.48. The van der Waals surface area contributed by atoms with Crippen molar-refractivity contribution in [3.05, 3.63) is 0 Å². The molecule has 2 aliphatic rings. The SMILES string of the molecule is CC1(C)CCCC(C)(C)N1O.CC1(C)CCCC(C)(C)N1O.O=C(O)CCCCCCCCC(=O)O. The van der Waals surface area contributed by atoms with E-state index < -0.39 is 11.9 Å². The summed E-state index contributed by atoms with van der Waals surface area (Å²) in [6.45, 7) is 16.7. The predicted molar refractivity (Wildman–Crippen MR) is 143 cm³/mol. The van der Waals surface area contributed by atoms with E-state index in [1.165, 1.54) is 23.0 Å². The first-order valence-corrected chi connectivity index (χ1v) is 13.8. The molecule has 8 nitrogen and oxygen atoms in total. The van der Waals surface area contributed by atoms with Gasteiger partial charge in [-0.15, -0.1) is 0 Å². The van der Waals surface area contributed by atoms with E-state index in [1.54, 1.807) is 0 Å². The van der Waals surface area contributed by atoms with Gasteiger partial charge in [-0.05, 0) is 107 Å². The number of unbranched alkanes of at least 4 members (excludes halogenated alkanes) is 5. The first-order chi connectivity index (χ1) is 16.3. The Morgan fingerprint density at radius 3 is 0.944 bits per heavy atom. The lowest BCUT2D eigenvalue weighted by Crippen LogP contribution is -2.56. The molecule has 0 amide bonds. The molecule has 0 aromatic rings. The molecule has 0 bridgehead atoms. The summed E-state index contributed by atoms with van der Waals surface area (Å²) in [4.78, 5) is 20.3. The molecule has 36 heavy (non-hydrogen) atoms. The van der Waals surface area contributed by atoms with Gasteiger partial charge in [-0.2, -0.15) is 10.1 Å². The fraction of sp³-hybridized carbons (Fsp3) is 0.929. The smallest absolute Gasteiger partial charge is 0.303 e. The number of hydrogen-bond acceptors (Lipinski definition) is 6. The van der Waals surface area contributed by atoms with Crippen molar-refractivity contribution in [2.24, 2.45) is 0 Å². The molecule has 0 aromatic heterocycles. The largest absolute Gasteiger partial charge is 0.481 e. The molecule has 2 aliphatic heterocycles. The maximum Gasteiger partial charge on any atom is 0.303 e. The van der Waals surface area contributed by atoms with Crippen LogP contribution in [0.5, 0.6) is 0 Å². The Morgan fingerprint density at radius 1 is 0.528 bits per heavy atom. The zero-order valence-electron chi connectivity index (χ0n) is 24.4. The molecular formula is C28H56N2O6. The summed E-state index contributed by atoms with van der Waals surface area (Å²) >= 11 is 0. The van der Waals surface area contributed by atoms with Gasteiger partial charge in [-0.3, -0.25) is 9.59 Å². The molecule has 8 heteroatoms. The maximum absolute atomic E-state index is 10.1. The minimum absolute atomic E-state index is 0.0399. The van der Waals surface area contributed by atoms with Crippen LogP contribution in [-0.4, -0.2) is 64.8 Å². The second-order valence-corrected chi connectivity index (χ2v) is 13.0. The van der Waals surface area contributed by atoms with Crippen LogP contribution in [0.3, 0.4) is 0 Å². The minimum Gasteiger partial charge on any atom is -0.481 e. The molecule has 0 spiro atoms. The average Bonchev–Trinajstić information content (AvgIpc) is 2.72. The highest BCUT2D eigenvalue weighted by Gasteiger charge is 2.41. The molecule has 0 saturated carbocycles. The molecular weight excluding hydrogens is 460 g/mol. The first-order valence-electron chi connectivity index (χ1n) is 13.8.